The topological polar surface area (TPSA) is 54.0 Å². The molecule has 4 nitrogen and oxygen atoms in total. The van der Waals surface area contributed by atoms with Crippen molar-refractivity contribution in [2.75, 3.05) is 17.2 Å². The number of halogens is 1. The van der Waals surface area contributed by atoms with Gasteiger partial charge in [0, 0.05) is 24.0 Å². The monoisotopic (exact) mass is 273 g/mol. The molecule has 0 unspecified atom stereocenters. The fourth-order valence-corrected chi connectivity index (χ4v) is 1.68. The van der Waals surface area contributed by atoms with Crippen LogP contribution >= 0.6 is 0 Å². The average molecular weight is 273 g/mol. The zero-order chi connectivity index (χ0) is 14.4. The summed E-state index contributed by atoms with van der Waals surface area (Å²) in [7, 11) is 0. The highest BCUT2D eigenvalue weighted by molar-refractivity contribution is 6.04. The molecule has 5 heteroatoms. The van der Waals surface area contributed by atoms with Crippen molar-refractivity contribution in [1.82, 2.24) is 4.98 Å². The zero-order valence-electron chi connectivity index (χ0n) is 11.2. The minimum Gasteiger partial charge on any atom is -0.385 e. The van der Waals surface area contributed by atoms with E-state index in [0.717, 1.165) is 24.8 Å². The molecule has 20 heavy (non-hydrogen) atoms. The van der Waals surface area contributed by atoms with E-state index in [2.05, 4.69) is 22.5 Å². The lowest BCUT2D eigenvalue weighted by Crippen LogP contribution is -2.13. The second-order valence-corrected chi connectivity index (χ2v) is 4.31. The summed E-state index contributed by atoms with van der Waals surface area (Å²) in [5.74, 6) is -0.903. The molecular formula is C15H16FN3O. The van der Waals surface area contributed by atoms with Crippen LogP contribution in [0, 0.1) is 5.82 Å². The number of anilines is 2. The Labute approximate surface area is 117 Å². The molecule has 0 radical (unpaired) electrons. The van der Waals surface area contributed by atoms with E-state index >= 15 is 0 Å². The predicted octanol–water partition coefficient (Wildman–Crippen LogP) is 3.29. The Bertz CT molecular complexity index is 584. The molecular weight excluding hydrogens is 257 g/mol. The summed E-state index contributed by atoms with van der Waals surface area (Å²) in [6, 6.07) is 8.48. The van der Waals surface area contributed by atoms with E-state index in [1.54, 1.807) is 12.1 Å². The maximum absolute atomic E-state index is 13.4. The SMILES string of the molecule is CCCNc1ccc(C(=O)Nc2ccncc2F)cc1. The molecule has 104 valence electrons. The van der Waals surface area contributed by atoms with Crippen molar-refractivity contribution in [2.24, 2.45) is 0 Å². The highest BCUT2D eigenvalue weighted by atomic mass is 19.1. The largest absolute Gasteiger partial charge is 0.385 e. The van der Waals surface area contributed by atoms with Gasteiger partial charge in [0.1, 0.15) is 0 Å². The quantitative estimate of drug-likeness (QED) is 0.879. The zero-order valence-corrected chi connectivity index (χ0v) is 11.2. The molecule has 1 amide bonds. The summed E-state index contributed by atoms with van der Waals surface area (Å²) in [5, 5.41) is 5.73. The Morgan fingerprint density at radius 1 is 1.25 bits per heavy atom. The maximum atomic E-state index is 13.4. The molecule has 0 bridgehead atoms. The Hall–Kier alpha value is -2.43. The second kappa shape index (κ2) is 6.65. The van der Waals surface area contributed by atoms with Gasteiger partial charge in [-0.05, 0) is 36.8 Å². The lowest BCUT2D eigenvalue weighted by Gasteiger charge is -2.08. The van der Waals surface area contributed by atoms with Gasteiger partial charge in [0.2, 0.25) is 0 Å². The maximum Gasteiger partial charge on any atom is 0.255 e. The fourth-order valence-electron chi connectivity index (χ4n) is 1.68. The molecule has 0 spiro atoms. The van der Waals surface area contributed by atoms with Gasteiger partial charge in [-0.1, -0.05) is 6.92 Å². The van der Waals surface area contributed by atoms with Crippen LogP contribution in [0.15, 0.2) is 42.7 Å². The van der Waals surface area contributed by atoms with Crippen molar-refractivity contribution in [3.8, 4) is 0 Å². The number of rotatable bonds is 5. The molecule has 0 atom stereocenters. The van der Waals surface area contributed by atoms with E-state index in [9.17, 15) is 9.18 Å². The van der Waals surface area contributed by atoms with Crippen LogP contribution in [0.4, 0.5) is 15.8 Å². The first kappa shape index (κ1) is 14.0. The molecule has 2 aromatic rings. The molecule has 0 saturated heterocycles. The molecule has 1 heterocycles. The van der Waals surface area contributed by atoms with Gasteiger partial charge >= 0.3 is 0 Å². The summed E-state index contributed by atoms with van der Waals surface area (Å²) in [6.07, 6.45) is 3.52. The van der Waals surface area contributed by atoms with Crippen LogP contribution in [0.25, 0.3) is 0 Å². The molecule has 2 rings (SSSR count). The number of hydrogen-bond donors (Lipinski definition) is 2. The number of amides is 1. The Kier molecular flexibility index (Phi) is 4.65. The Balaban J connectivity index is 2.04. The third-order valence-electron chi connectivity index (χ3n) is 2.75. The van der Waals surface area contributed by atoms with Gasteiger partial charge in [-0.3, -0.25) is 9.78 Å². The molecule has 0 aliphatic rings. The highest BCUT2D eigenvalue weighted by Crippen LogP contribution is 2.14. The minimum atomic E-state index is -0.554. The molecule has 0 aliphatic heterocycles. The van der Waals surface area contributed by atoms with Gasteiger partial charge < -0.3 is 10.6 Å². The number of nitrogens with zero attached hydrogens (tertiary/aromatic N) is 1. The van der Waals surface area contributed by atoms with Crippen LogP contribution in [0.5, 0.6) is 0 Å². The van der Waals surface area contributed by atoms with Gasteiger partial charge in [-0.15, -0.1) is 0 Å². The van der Waals surface area contributed by atoms with Gasteiger partial charge in [0.15, 0.2) is 5.82 Å². The number of hydrogen-bond acceptors (Lipinski definition) is 3. The first-order valence-electron chi connectivity index (χ1n) is 6.45. The van der Waals surface area contributed by atoms with Crippen molar-refractivity contribution in [3.05, 3.63) is 54.1 Å². The first-order valence-corrected chi connectivity index (χ1v) is 6.45. The van der Waals surface area contributed by atoms with E-state index in [1.807, 2.05) is 12.1 Å². The Morgan fingerprint density at radius 2 is 2.00 bits per heavy atom. The number of nitrogens with one attached hydrogen (secondary N) is 2. The molecule has 1 aromatic heterocycles. The number of carbonyl (C=O) groups is 1. The van der Waals surface area contributed by atoms with Gasteiger partial charge in [0.25, 0.3) is 5.91 Å². The molecule has 0 aliphatic carbocycles. The highest BCUT2D eigenvalue weighted by Gasteiger charge is 2.08. The predicted molar refractivity (Wildman–Crippen MR) is 77.4 cm³/mol. The van der Waals surface area contributed by atoms with Crippen molar-refractivity contribution in [3.63, 3.8) is 0 Å². The summed E-state index contributed by atoms with van der Waals surface area (Å²) in [6.45, 7) is 2.96. The van der Waals surface area contributed by atoms with Crippen LogP contribution in [0.2, 0.25) is 0 Å². The summed E-state index contributed by atoms with van der Waals surface area (Å²) >= 11 is 0. The van der Waals surface area contributed by atoms with Crippen LogP contribution in [-0.2, 0) is 0 Å². The number of aromatic nitrogens is 1. The van der Waals surface area contributed by atoms with Crippen molar-refractivity contribution in [1.29, 1.82) is 0 Å². The standard InChI is InChI=1S/C15H16FN3O/c1-2-8-18-12-5-3-11(4-6-12)15(20)19-14-7-9-17-10-13(14)16/h3-7,9-10,18H,2,8H2,1H3,(H,17,19,20). The van der Waals surface area contributed by atoms with Crippen molar-refractivity contribution < 1.29 is 9.18 Å². The van der Waals surface area contributed by atoms with Gasteiger partial charge in [-0.2, -0.15) is 0 Å². The number of carbonyl (C=O) groups excluding carboxylic acids is 1. The number of pyridine rings is 1. The van der Waals surface area contributed by atoms with Crippen LogP contribution in [0.3, 0.4) is 0 Å². The van der Waals surface area contributed by atoms with Crippen molar-refractivity contribution >= 4 is 17.3 Å². The summed E-state index contributed by atoms with van der Waals surface area (Å²) in [4.78, 5) is 15.6. The van der Waals surface area contributed by atoms with E-state index < -0.39 is 5.82 Å². The van der Waals surface area contributed by atoms with Gasteiger partial charge in [-0.25, -0.2) is 4.39 Å². The lowest BCUT2D eigenvalue weighted by atomic mass is 10.2. The smallest absolute Gasteiger partial charge is 0.255 e. The van der Waals surface area contributed by atoms with E-state index in [1.165, 1.54) is 12.3 Å². The number of benzene rings is 1. The minimum absolute atomic E-state index is 0.123. The second-order valence-electron chi connectivity index (χ2n) is 4.31. The Morgan fingerprint density at radius 3 is 2.65 bits per heavy atom. The lowest BCUT2D eigenvalue weighted by molar-refractivity contribution is 0.102. The summed E-state index contributed by atoms with van der Waals surface area (Å²) in [5.41, 5.74) is 1.56. The molecule has 1 aromatic carbocycles. The van der Waals surface area contributed by atoms with Crippen LogP contribution in [0.1, 0.15) is 23.7 Å². The fraction of sp³-hybridized carbons (Fsp3) is 0.200. The first-order chi connectivity index (χ1) is 9.70. The van der Waals surface area contributed by atoms with Crippen LogP contribution < -0.4 is 10.6 Å². The molecule has 0 saturated carbocycles. The summed E-state index contributed by atoms with van der Waals surface area (Å²) < 4.78 is 13.4. The van der Waals surface area contributed by atoms with E-state index in [4.69, 9.17) is 0 Å². The normalized spacial score (nSPS) is 10.1. The van der Waals surface area contributed by atoms with E-state index in [-0.39, 0.29) is 11.6 Å². The van der Waals surface area contributed by atoms with E-state index in [0.29, 0.717) is 5.56 Å². The third kappa shape index (κ3) is 3.54. The van der Waals surface area contributed by atoms with Crippen molar-refractivity contribution in [2.45, 2.75) is 13.3 Å². The van der Waals surface area contributed by atoms with Gasteiger partial charge in [0.05, 0.1) is 11.9 Å². The molecule has 2 N–H and O–H groups in total. The molecule has 0 fully saturated rings. The average Bonchev–Trinajstić information content (AvgIpc) is 2.48. The third-order valence-corrected chi connectivity index (χ3v) is 2.75. The van der Waals surface area contributed by atoms with Crippen LogP contribution in [-0.4, -0.2) is 17.4 Å².